The molecule has 3 nitrogen and oxygen atoms in total. The molecule has 1 aromatic heterocycles. The Labute approximate surface area is 81.9 Å². The van der Waals surface area contributed by atoms with Crippen molar-refractivity contribution in [1.29, 1.82) is 0 Å². The molecule has 0 radical (unpaired) electrons. The first-order valence-corrected chi connectivity index (χ1v) is 4.40. The summed E-state index contributed by atoms with van der Waals surface area (Å²) in [6.07, 6.45) is 1.20. The molecule has 1 rings (SSSR count). The van der Waals surface area contributed by atoms with Gasteiger partial charge in [-0.3, -0.25) is 9.78 Å². The molecule has 0 amide bonds. The van der Waals surface area contributed by atoms with E-state index in [1.165, 1.54) is 6.07 Å². The van der Waals surface area contributed by atoms with Gasteiger partial charge >= 0.3 is 5.97 Å². The van der Waals surface area contributed by atoms with Crippen LogP contribution < -0.4 is 0 Å². The number of rotatable bonds is 3. The summed E-state index contributed by atoms with van der Waals surface area (Å²) in [5, 5.41) is 0. The Kier molecular flexibility index (Phi) is 3.56. The zero-order chi connectivity index (χ0) is 10.6. The van der Waals surface area contributed by atoms with Gasteiger partial charge in [0.15, 0.2) is 0 Å². The molecule has 0 bridgehead atoms. The monoisotopic (exact) mass is 197 g/mol. The van der Waals surface area contributed by atoms with E-state index in [0.29, 0.717) is 17.9 Å². The van der Waals surface area contributed by atoms with Gasteiger partial charge in [-0.25, -0.2) is 4.39 Å². The summed E-state index contributed by atoms with van der Waals surface area (Å²) in [5.41, 5.74) is 1.22. The van der Waals surface area contributed by atoms with Crippen LogP contribution in [0.15, 0.2) is 12.3 Å². The molecule has 14 heavy (non-hydrogen) atoms. The highest BCUT2D eigenvalue weighted by molar-refractivity contribution is 5.72. The third kappa shape index (κ3) is 2.80. The molecule has 0 aliphatic heterocycles. The van der Waals surface area contributed by atoms with Crippen molar-refractivity contribution in [2.75, 3.05) is 6.61 Å². The topological polar surface area (TPSA) is 39.2 Å². The number of carbonyl (C=O) groups excluding carboxylic acids is 1. The molecule has 0 aliphatic carbocycles. The Balaban J connectivity index is 2.75. The summed E-state index contributed by atoms with van der Waals surface area (Å²) in [6, 6.07) is 1.30. The number of hydrogen-bond donors (Lipinski definition) is 0. The highest BCUT2D eigenvalue weighted by Gasteiger charge is 2.08. The number of nitrogens with zero attached hydrogens (tertiary/aromatic N) is 1. The fraction of sp³-hybridized carbons (Fsp3) is 0.400. The lowest BCUT2D eigenvalue weighted by atomic mass is 10.1. The van der Waals surface area contributed by atoms with Crippen molar-refractivity contribution in [2.24, 2.45) is 0 Å². The lowest BCUT2D eigenvalue weighted by molar-refractivity contribution is -0.142. The Morgan fingerprint density at radius 1 is 1.64 bits per heavy atom. The number of aryl methyl sites for hydroxylation is 1. The molecule has 0 saturated heterocycles. The van der Waals surface area contributed by atoms with E-state index >= 15 is 0 Å². The minimum absolute atomic E-state index is 0.0738. The van der Waals surface area contributed by atoms with Crippen molar-refractivity contribution in [3.63, 3.8) is 0 Å². The van der Waals surface area contributed by atoms with Crippen LogP contribution in [0.3, 0.4) is 0 Å². The van der Waals surface area contributed by atoms with Gasteiger partial charge in [-0.1, -0.05) is 0 Å². The molecule has 0 spiro atoms. The van der Waals surface area contributed by atoms with Crippen molar-refractivity contribution >= 4 is 5.97 Å². The maximum atomic E-state index is 12.8. The summed E-state index contributed by atoms with van der Waals surface area (Å²) >= 11 is 0. The van der Waals surface area contributed by atoms with E-state index in [9.17, 15) is 9.18 Å². The van der Waals surface area contributed by atoms with Crippen molar-refractivity contribution in [2.45, 2.75) is 20.3 Å². The fourth-order valence-electron chi connectivity index (χ4n) is 1.10. The molecule has 4 heteroatoms. The predicted octanol–water partition coefficient (Wildman–Crippen LogP) is 1.63. The average molecular weight is 197 g/mol. The van der Waals surface area contributed by atoms with E-state index in [1.54, 1.807) is 13.8 Å². The third-order valence-electron chi connectivity index (χ3n) is 1.80. The van der Waals surface area contributed by atoms with Crippen molar-refractivity contribution in [3.05, 3.63) is 29.3 Å². The SMILES string of the molecule is CCOC(=O)Cc1cc(F)cnc1C. The second-order valence-electron chi connectivity index (χ2n) is 2.88. The van der Waals surface area contributed by atoms with Gasteiger partial charge in [-0.2, -0.15) is 0 Å². The molecule has 0 unspecified atom stereocenters. The van der Waals surface area contributed by atoms with E-state index < -0.39 is 5.82 Å². The van der Waals surface area contributed by atoms with Crippen LogP contribution >= 0.6 is 0 Å². The first kappa shape index (κ1) is 10.6. The largest absolute Gasteiger partial charge is 0.466 e. The van der Waals surface area contributed by atoms with E-state index in [4.69, 9.17) is 4.74 Å². The number of halogens is 1. The number of aromatic nitrogens is 1. The zero-order valence-corrected chi connectivity index (χ0v) is 8.21. The van der Waals surface area contributed by atoms with E-state index in [1.807, 2.05) is 0 Å². The van der Waals surface area contributed by atoms with Crippen molar-refractivity contribution < 1.29 is 13.9 Å². The Bertz CT molecular complexity index is 339. The summed E-state index contributed by atoms with van der Waals surface area (Å²) in [4.78, 5) is 14.9. The Hall–Kier alpha value is -1.45. The molecule has 0 saturated carbocycles. The average Bonchev–Trinajstić information content (AvgIpc) is 2.12. The molecule has 0 aromatic carbocycles. The van der Waals surface area contributed by atoms with Crippen molar-refractivity contribution in [3.8, 4) is 0 Å². The standard InChI is InChI=1S/C10H12FNO2/c1-3-14-10(13)5-8-4-9(11)6-12-7(8)2/h4,6H,3,5H2,1-2H3. The molecule has 0 aliphatic rings. The summed E-state index contributed by atoms with van der Waals surface area (Å²) in [7, 11) is 0. The fourth-order valence-corrected chi connectivity index (χ4v) is 1.10. The van der Waals surface area contributed by atoms with Crippen LogP contribution in [-0.4, -0.2) is 17.6 Å². The third-order valence-corrected chi connectivity index (χ3v) is 1.80. The number of carbonyl (C=O) groups is 1. The van der Waals surface area contributed by atoms with Crippen LogP contribution in [0.25, 0.3) is 0 Å². The summed E-state index contributed by atoms with van der Waals surface area (Å²) in [5.74, 6) is -0.794. The van der Waals surface area contributed by atoms with Gasteiger partial charge in [-0.15, -0.1) is 0 Å². The highest BCUT2D eigenvalue weighted by atomic mass is 19.1. The van der Waals surface area contributed by atoms with Gasteiger partial charge < -0.3 is 4.74 Å². The molecular formula is C10H12FNO2. The normalized spacial score (nSPS) is 9.93. The predicted molar refractivity (Wildman–Crippen MR) is 49.3 cm³/mol. The lowest BCUT2D eigenvalue weighted by Gasteiger charge is -2.04. The summed E-state index contributed by atoms with van der Waals surface area (Å²) in [6.45, 7) is 3.79. The zero-order valence-electron chi connectivity index (χ0n) is 8.21. The molecule has 76 valence electrons. The minimum Gasteiger partial charge on any atom is -0.466 e. The number of esters is 1. The first-order chi connectivity index (χ1) is 6.63. The van der Waals surface area contributed by atoms with Gasteiger partial charge in [0.1, 0.15) is 5.82 Å². The van der Waals surface area contributed by atoms with Gasteiger partial charge in [-0.05, 0) is 25.5 Å². The summed E-state index contributed by atoms with van der Waals surface area (Å²) < 4.78 is 17.5. The van der Waals surface area contributed by atoms with Crippen LogP contribution in [0.5, 0.6) is 0 Å². The lowest BCUT2D eigenvalue weighted by Crippen LogP contribution is -2.09. The first-order valence-electron chi connectivity index (χ1n) is 4.40. The van der Waals surface area contributed by atoms with Crippen LogP contribution in [0.1, 0.15) is 18.2 Å². The van der Waals surface area contributed by atoms with E-state index in [0.717, 1.165) is 6.20 Å². The van der Waals surface area contributed by atoms with Gasteiger partial charge in [0, 0.05) is 5.69 Å². The molecule has 0 N–H and O–H groups in total. The second kappa shape index (κ2) is 4.69. The van der Waals surface area contributed by atoms with Gasteiger partial charge in [0.05, 0.1) is 19.2 Å². The van der Waals surface area contributed by atoms with Gasteiger partial charge in [0.2, 0.25) is 0 Å². The van der Waals surface area contributed by atoms with Crippen LogP contribution in [0.4, 0.5) is 4.39 Å². The van der Waals surface area contributed by atoms with E-state index in [-0.39, 0.29) is 12.4 Å². The van der Waals surface area contributed by atoms with Gasteiger partial charge in [0.25, 0.3) is 0 Å². The Morgan fingerprint density at radius 2 is 2.36 bits per heavy atom. The number of pyridine rings is 1. The number of hydrogen-bond acceptors (Lipinski definition) is 3. The van der Waals surface area contributed by atoms with Crippen LogP contribution in [-0.2, 0) is 16.0 Å². The Morgan fingerprint density at radius 3 is 3.00 bits per heavy atom. The maximum absolute atomic E-state index is 12.8. The quantitative estimate of drug-likeness (QED) is 0.691. The molecular weight excluding hydrogens is 185 g/mol. The number of ether oxygens (including phenoxy) is 1. The molecule has 0 fully saturated rings. The van der Waals surface area contributed by atoms with Crippen LogP contribution in [0.2, 0.25) is 0 Å². The van der Waals surface area contributed by atoms with E-state index in [2.05, 4.69) is 4.98 Å². The van der Waals surface area contributed by atoms with Crippen molar-refractivity contribution in [1.82, 2.24) is 4.98 Å². The second-order valence-corrected chi connectivity index (χ2v) is 2.88. The molecule has 1 heterocycles. The highest BCUT2D eigenvalue weighted by Crippen LogP contribution is 2.08. The molecule has 0 atom stereocenters. The maximum Gasteiger partial charge on any atom is 0.310 e. The molecule has 1 aromatic rings. The smallest absolute Gasteiger partial charge is 0.310 e. The van der Waals surface area contributed by atoms with Crippen LogP contribution in [0, 0.1) is 12.7 Å². The minimum atomic E-state index is -0.435.